The standard InChI is InChI=1S/C73H45N5/c1-4-18-46(19-5-1)53-35-38-59-62(41-53)65(73-75-71(49-22-6-2-7-23-49)74-72(76-73)55-36-39-67-63(43-55)58-30-16-17-31-66(58)77(67)56-27-8-3-9-28-56)45-61(54-33-32-47-20-10-11-24-50(47)40-54)70(59)78-68-44-52-26-13-12-25-51(52)42-64(68)60-37-34-48-21-14-15-29-57(48)69(60)78/h1-45H. The fourth-order valence-corrected chi connectivity index (χ4v) is 12.2. The van der Waals surface area contributed by atoms with Crippen LogP contribution in [0.2, 0.25) is 0 Å². The molecule has 5 heteroatoms. The first-order chi connectivity index (χ1) is 38.7. The molecule has 16 aromatic rings. The third-order valence-corrected chi connectivity index (χ3v) is 15.9. The van der Waals surface area contributed by atoms with Crippen molar-refractivity contribution in [1.82, 2.24) is 24.1 Å². The van der Waals surface area contributed by atoms with Crippen molar-refractivity contribution >= 4 is 86.7 Å². The van der Waals surface area contributed by atoms with E-state index in [2.05, 4.69) is 276 Å². The second-order valence-corrected chi connectivity index (χ2v) is 20.3. The molecule has 3 aromatic heterocycles. The summed E-state index contributed by atoms with van der Waals surface area (Å²) in [6.45, 7) is 0. The zero-order chi connectivity index (χ0) is 51.3. The van der Waals surface area contributed by atoms with Crippen LogP contribution < -0.4 is 0 Å². The van der Waals surface area contributed by atoms with Crippen LogP contribution in [0.25, 0.3) is 154 Å². The smallest absolute Gasteiger partial charge is 0.164 e. The zero-order valence-electron chi connectivity index (χ0n) is 42.2. The normalized spacial score (nSPS) is 11.8. The molecule has 0 bridgehead atoms. The zero-order valence-corrected chi connectivity index (χ0v) is 42.2. The number of hydrogen-bond acceptors (Lipinski definition) is 3. The number of rotatable bonds is 7. The van der Waals surface area contributed by atoms with E-state index in [1.807, 2.05) is 6.07 Å². The lowest BCUT2D eigenvalue weighted by Crippen LogP contribution is -2.04. The first kappa shape index (κ1) is 43.9. The molecule has 0 fully saturated rings. The van der Waals surface area contributed by atoms with Gasteiger partial charge in [0.15, 0.2) is 17.5 Å². The number of nitrogens with zero attached hydrogens (tertiary/aromatic N) is 5. The molecule has 0 saturated carbocycles. The molecule has 0 N–H and O–H groups in total. The topological polar surface area (TPSA) is 48.5 Å². The predicted octanol–water partition coefficient (Wildman–Crippen LogP) is 19.0. The Morgan fingerprint density at radius 3 is 1.55 bits per heavy atom. The van der Waals surface area contributed by atoms with Gasteiger partial charge in [-0.2, -0.15) is 0 Å². The lowest BCUT2D eigenvalue weighted by molar-refractivity contribution is 1.08. The average molecular weight is 992 g/mol. The highest BCUT2D eigenvalue weighted by molar-refractivity contribution is 6.22. The second kappa shape index (κ2) is 17.6. The second-order valence-electron chi connectivity index (χ2n) is 20.3. The summed E-state index contributed by atoms with van der Waals surface area (Å²) in [5, 5.41) is 13.9. The SMILES string of the molecule is c1ccc(-c2ccc3c(-n4c5cc6ccccc6cc5c5ccc6ccccc6c54)c(-c4ccc5ccccc5c4)cc(-c4nc(-c5ccccc5)nc(-c5ccc6c(c5)c5ccccc5n6-c5ccccc5)n4)c3c2)cc1. The van der Waals surface area contributed by atoms with Crippen LogP contribution in [0.4, 0.5) is 0 Å². The molecule has 0 saturated heterocycles. The van der Waals surface area contributed by atoms with E-state index in [9.17, 15) is 0 Å². The largest absolute Gasteiger partial charge is 0.309 e. The predicted molar refractivity (Wildman–Crippen MR) is 326 cm³/mol. The van der Waals surface area contributed by atoms with Gasteiger partial charge in [-0.25, -0.2) is 15.0 Å². The van der Waals surface area contributed by atoms with Crippen molar-refractivity contribution in [2.75, 3.05) is 0 Å². The molecular weight excluding hydrogens is 947 g/mol. The van der Waals surface area contributed by atoms with Gasteiger partial charge in [0, 0.05) is 60.3 Å². The summed E-state index contributed by atoms with van der Waals surface area (Å²) < 4.78 is 4.91. The number of hydrogen-bond donors (Lipinski definition) is 0. The van der Waals surface area contributed by atoms with Crippen molar-refractivity contribution in [3.63, 3.8) is 0 Å². The van der Waals surface area contributed by atoms with Crippen molar-refractivity contribution in [2.45, 2.75) is 0 Å². The van der Waals surface area contributed by atoms with Gasteiger partial charge in [-0.1, -0.05) is 206 Å². The molecule has 0 atom stereocenters. The summed E-state index contributed by atoms with van der Waals surface area (Å²) in [7, 11) is 0. The fraction of sp³-hybridized carbons (Fsp3) is 0. The summed E-state index contributed by atoms with van der Waals surface area (Å²) >= 11 is 0. The minimum Gasteiger partial charge on any atom is -0.309 e. The highest BCUT2D eigenvalue weighted by atomic mass is 15.0. The molecule has 0 aliphatic heterocycles. The number of fused-ring (bicyclic) bond motifs is 11. The lowest BCUT2D eigenvalue weighted by atomic mass is 9.90. The molecule has 0 radical (unpaired) electrons. The monoisotopic (exact) mass is 991 g/mol. The van der Waals surface area contributed by atoms with Crippen LogP contribution in [0.1, 0.15) is 0 Å². The molecule has 3 heterocycles. The molecule has 16 rings (SSSR count). The Labute approximate surface area is 449 Å². The van der Waals surface area contributed by atoms with Crippen LogP contribution in [-0.2, 0) is 0 Å². The fourth-order valence-electron chi connectivity index (χ4n) is 12.2. The van der Waals surface area contributed by atoms with Gasteiger partial charge in [-0.3, -0.25) is 0 Å². The molecule has 78 heavy (non-hydrogen) atoms. The van der Waals surface area contributed by atoms with Crippen molar-refractivity contribution in [1.29, 1.82) is 0 Å². The Bertz CT molecular complexity index is 5080. The van der Waals surface area contributed by atoms with Gasteiger partial charge >= 0.3 is 0 Å². The highest BCUT2D eigenvalue weighted by Crippen LogP contribution is 2.47. The van der Waals surface area contributed by atoms with Crippen LogP contribution in [0, 0.1) is 0 Å². The first-order valence-corrected chi connectivity index (χ1v) is 26.6. The van der Waals surface area contributed by atoms with E-state index in [0.29, 0.717) is 17.5 Å². The van der Waals surface area contributed by atoms with E-state index in [1.54, 1.807) is 0 Å². The Hall–Kier alpha value is -10.5. The third kappa shape index (κ3) is 6.99. The molecule has 13 aromatic carbocycles. The number of para-hydroxylation sites is 2. The Morgan fingerprint density at radius 1 is 0.231 bits per heavy atom. The van der Waals surface area contributed by atoms with E-state index < -0.39 is 0 Å². The quantitative estimate of drug-likeness (QED) is 0.160. The van der Waals surface area contributed by atoms with Crippen LogP contribution >= 0.6 is 0 Å². The first-order valence-electron chi connectivity index (χ1n) is 26.6. The van der Waals surface area contributed by atoms with Gasteiger partial charge in [-0.05, 0) is 116 Å². The van der Waals surface area contributed by atoms with Gasteiger partial charge in [0.05, 0.1) is 27.8 Å². The lowest BCUT2D eigenvalue weighted by Gasteiger charge is -2.21. The van der Waals surface area contributed by atoms with Crippen molar-refractivity contribution in [3.8, 4) is 67.8 Å². The van der Waals surface area contributed by atoms with Crippen molar-refractivity contribution in [2.24, 2.45) is 0 Å². The van der Waals surface area contributed by atoms with E-state index >= 15 is 0 Å². The summed E-state index contributed by atoms with van der Waals surface area (Å²) in [6.07, 6.45) is 0. The van der Waals surface area contributed by atoms with Crippen molar-refractivity contribution in [3.05, 3.63) is 273 Å². The van der Waals surface area contributed by atoms with E-state index in [0.717, 1.165) is 88.4 Å². The molecule has 0 aliphatic carbocycles. The molecule has 0 spiro atoms. The molecule has 0 amide bonds. The van der Waals surface area contributed by atoms with Crippen LogP contribution in [-0.4, -0.2) is 24.1 Å². The van der Waals surface area contributed by atoms with Gasteiger partial charge in [0.25, 0.3) is 0 Å². The van der Waals surface area contributed by atoms with Gasteiger partial charge in [-0.15, -0.1) is 0 Å². The van der Waals surface area contributed by atoms with Gasteiger partial charge in [0.1, 0.15) is 0 Å². The van der Waals surface area contributed by atoms with Crippen molar-refractivity contribution < 1.29 is 0 Å². The maximum atomic E-state index is 5.62. The molecule has 5 nitrogen and oxygen atoms in total. The summed E-state index contributed by atoms with van der Waals surface area (Å²) in [5.74, 6) is 1.79. The van der Waals surface area contributed by atoms with E-state index in [1.165, 1.54) is 48.6 Å². The number of benzene rings is 13. The highest BCUT2D eigenvalue weighted by Gasteiger charge is 2.25. The Morgan fingerprint density at radius 2 is 0.769 bits per heavy atom. The molecule has 0 unspecified atom stereocenters. The molecule has 0 aliphatic rings. The minimum absolute atomic E-state index is 0.591. The van der Waals surface area contributed by atoms with Gasteiger partial charge in [0.2, 0.25) is 0 Å². The van der Waals surface area contributed by atoms with Crippen LogP contribution in [0.15, 0.2) is 273 Å². The van der Waals surface area contributed by atoms with Crippen LogP contribution in [0.3, 0.4) is 0 Å². The van der Waals surface area contributed by atoms with E-state index in [4.69, 9.17) is 15.0 Å². The van der Waals surface area contributed by atoms with Gasteiger partial charge < -0.3 is 9.13 Å². The summed E-state index contributed by atoms with van der Waals surface area (Å²) in [5.41, 5.74) is 13.9. The third-order valence-electron chi connectivity index (χ3n) is 15.9. The average Bonchev–Trinajstić information content (AvgIpc) is 4.11. The summed E-state index contributed by atoms with van der Waals surface area (Å²) in [4.78, 5) is 16.5. The summed E-state index contributed by atoms with van der Waals surface area (Å²) in [6, 6.07) is 98.6. The maximum Gasteiger partial charge on any atom is 0.164 e. The Kier molecular flexibility index (Phi) is 9.87. The molecule has 362 valence electrons. The number of aromatic nitrogens is 5. The Balaban J connectivity index is 1.04. The minimum atomic E-state index is 0.591. The maximum absolute atomic E-state index is 5.62. The van der Waals surface area contributed by atoms with Crippen LogP contribution in [0.5, 0.6) is 0 Å². The van der Waals surface area contributed by atoms with E-state index in [-0.39, 0.29) is 0 Å². The molecular formula is C73H45N5.